The van der Waals surface area contributed by atoms with Crippen LogP contribution in [0.5, 0.6) is 5.75 Å². The monoisotopic (exact) mass is 323 g/mol. The number of aromatic nitrogens is 2. The van der Waals surface area contributed by atoms with Gasteiger partial charge in [0.1, 0.15) is 5.82 Å². The van der Waals surface area contributed by atoms with E-state index >= 15 is 0 Å². The Morgan fingerprint density at radius 3 is 2.88 bits per heavy atom. The largest absolute Gasteiger partial charge is 0.504 e. The molecule has 3 N–H and O–H groups in total. The number of hydrogen-bond acceptors (Lipinski definition) is 5. The first kappa shape index (κ1) is 14.7. The number of nitrogens with zero attached hydrogens (tertiary/aromatic N) is 2. The van der Waals surface area contributed by atoms with E-state index in [0.717, 1.165) is 24.9 Å². The zero-order valence-electron chi connectivity index (χ0n) is 13.0. The van der Waals surface area contributed by atoms with Gasteiger partial charge in [0.05, 0.1) is 12.2 Å². The lowest BCUT2D eigenvalue weighted by atomic mass is 10.1. The fourth-order valence-corrected chi connectivity index (χ4v) is 3.22. The molecular weight excluding hydrogens is 306 g/mol. The van der Waals surface area contributed by atoms with Crippen LogP contribution in [0, 0.1) is 0 Å². The van der Waals surface area contributed by atoms with Crippen LogP contribution in [0.2, 0.25) is 0 Å². The molecule has 0 amide bonds. The van der Waals surface area contributed by atoms with Gasteiger partial charge < -0.3 is 15.5 Å². The van der Waals surface area contributed by atoms with Crippen molar-refractivity contribution in [1.29, 1.82) is 0 Å². The quantitative estimate of drug-likeness (QED) is 0.687. The van der Waals surface area contributed by atoms with E-state index in [1.165, 1.54) is 27.8 Å². The van der Waals surface area contributed by atoms with E-state index in [2.05, 4.69) is 22.4 Å². The Bertz CT molecular complexity index is 995. The Morgan fingerprint density at radius 1 is 1.21 bits per heavy atom. The molecule has 4 rings (SSSR count). The Labute approximate surface area is 138 Å². The van der Waals surface area contributed by atoms with Crippen LogP contribution in [0.1, 0.15) is 23.1 Å². The molecule has 0 saturated heterocycles. The number of benzene rings is 1. The minimum atomic E-state index is -0.433. The highest BCUT2D eigenvalue weighted by molar-refractivity contribution is 5.65. The second-order valence-corrected chi connectivity index (χ2v) is 5.95. The van der Waals surface area contributed by atoms with Crippen molar-refractivity contribution in [3.8, 4) is 5.75 Å². The number of nitrogens with one attached hydrogen (secondary N) is 1. The molecule has 0 spiro atoms. The van der Waals surface area contributed by atoms with E-state index in [0.29, 0.717) is 0 Å². The highest BCUT2D eigenvalue weighted by Gasteiger charge is 2.16. The summed E-state index contributed by atoms with van der Waals surface area (Å²) in [6, 6.07) is 9.10. The standard InChI is InChI=1S/C18H17N3O3/c22-10-14-16(19-13-7-6-11-3-1-4-12(11)9-13)20-17-15(23)5-2-8-21(17)18(14)24/h2,5-9,19,22-23H,1,3-4,10H2. The maximum Gasteiger partial charge on any atom is 0.265 e. The summed E-state index contributed by atoms with van der Waals surface area (Å²) in [5, 5.41) is 22.7. The summed E-state index contributed by atoms with van der Waals surface area (Å²) in [7, 11) is 0. The first-order valence-corrected chi connectivity index (χ1v) is 7.90. The maximum atomic E-state index is 12.5. The van der Waals surface area contributed by atoms with Crippen molar-refractivity contribution < 1.29 is 10.2 Å². The predicted octanol–water partition coefficient (Wildman–Crippen LogP) is 2.12. The van der Waals surface area contributed by atoms with Gasteiger partial charge in [0.2, 0.25) is 0 Å². The minimum absolute atomic E-state index is 0.0870. The lowest BCUT2D eigenvalue weighted by molar-refractivity contribution is 0.280. The van der Waals surface area contributed by atoms with Gasteiger partial charge in [0.15, 0.2) is 11.4 Å². The summed E-state index contributed by atoms with van der Waals surface area (Å²) < 4.78 is 1.23. The van der Waals surface area contributed by atoms with Crippen molar-refractivity contribution in [3.05, 3.63) is 63.6 Å². The highest BCUT2D eigenvalue weighted by atomic mass is 16.3. The molecule has 1 aliphatic carbocycles. The number of rotatable bonds is 3. The van der Waals surface area contributed by atoms with E-state index < -0.39 is 12.2 Å². The van der Waals surface area contributed by atoms with Crippen LogP contribution in [-0.2, 0) is 19.4 Å². The SMILES string of the molecule is O=c1c(CO)c(Nc2ccc3c(c2)CCC3)nc2c(O)cccn12. The van der Waals surface area contributed by atoms with Gasteiger partial charge in [-0.25, -0.2) is 4.98 Å². The molecule has 1 aromatic carbocycles. The van der Waals surface area contributed by atoms with Gasteiger partial charge in [-0.15, -0.1) is 0 Å². The summed E-state index contributed by atoms with van der Waals surface area (Å²) >= 11 is 0. The average Bonchev–Trinajstić information content (AvgIpc) is 3.04. The topological polar surface area (TPSA) is 86.9 Å². The molecule has 0 atom stereocenters. The van der Waals surface area contributed by atoms with Gasteiger partial charge in [0.25, 0.3) is 5.56 Å². The van der Waals surface area contributed by atoms with Gasteiger partial charge >= 0.3 is 0 Å². The van der Waals surface area contributed by atoms with Gasteiger partial charge in [0, 0.05) is 11.9 Å². The van der Waals surface area contributed by atoms with Crippen LogP contribution in [-0.4, -0.2) is 19.6 Å². The molecule has 6 nitrogen and oxygen atoms in total. The van der Waals surface area contributed by atoms with Gasteiger partial charge in [-0.3, -0.25) is 9.20 Å². The van der Waals surface area contributed by atoms with E-state index in [-0.39, 0.29) is 22.8 Å². The molecule has 3 aromatic rings. The van der Waals surface area contributed by atoms with Crippen LogP contribution in [0.3, 0.4) is 0 Å². The third-order valence-corrected chi connectivity index (χ3v) is 4.45. The molecule has 0 fully saturated rings. The van der Waals surface area contributed by atoms with Gasteiger partial charge in [-0.1, -0.05) is 6.07 Å². The van der Waals surface area contributed by atoms with Crippen LogP contribution in [0.25, 0.3) is 5.65 Å². The molecule has 0 aliphatic heterocycles. The molecule has 122 valence electrons. The molecule has 6 heteroatoms. The lowest BCUT2D eigenvalue weighted by Crippen LogP contribution is -2.21. The zero-order chi connectivity index (χ0) is 16.7. The lowest BCUT2D eigenvalue weighted by Gasteiger charge is -2.13. The summed E-state index contributed by atoms with van der Waals surface area (Å²) in [6.45, 7) is -0.433. The van der Waals surface area contributed by atoms with Crippen molar-refractivity contribution in [3.63, 3.8) is 0 Å². The number of hydrogen-bond donors (Lipinski definition) is 3. The number of pyridine rings is 1. The number of anilines is 2. The highest BCUT2D eigenvalue weighted by Crippen LogP contribution is 2.27. The first-order valence-electron chi connectivity index (χ1n) is 7.90. The molecule has 0 saturated carbocycles. The summed E-state index contributed by atoms with van der Waals surface area (Å²) in [5.74, 6) is 0.179. The molecule has 2 aromatic heterocycles. The number of fused-ring (bicyclic) bond motifs is 2. The molecular formula is C18H17N3O3. The summed E-state index contributed by atoms with van der Waals surface area (Å²) in [4.78, 5) is 16.9. The van der Waals surface area contributed by atoms with Crippen molar-refractivity contribution in [1.82, 2.24) is 9.38 Å². The van der Waals surface area contributed by atoms with Crippen LogP contribution < -0.4 is 10.9 Å². The number of aromatic hydroxyl groups is 1. The van der Waals surface area contributed by atoms with E-state index in [9.17, 15) is 15.0 Å². The van der Waals surface area contributed by atoms with E-state index in [1.54, 1.807) is 6.07 Å². The fourth-order valence-electron chi connectivity index (χ4n) is 3.22. The van der Waals surface area contributed by atoms with Crippen molar-refractivity contribution in [2.75, 3.05) is 5.32 Å². The normalized spacial score (nSPS) is 13.2. The molecule has 0 bridgehead atoms. The van der Waals surface area contributed by atoms with Crippen molar-refractivity contribution >= 4 is 17.2 Å². The Balaban J connectivity index is 1.84. The van der Waals surface area contributed by atoms with Gasteiger partial charge in [-0.05, 0) is 54.7 Å². The van der Waals surface area contributed by atoms with E-state index in [4.69, 9.17) is 0 Å². The van der Waals surface area contributed by atoms with Crippen molar-refractivity contribution in [2.24, 2.45) is 0 Å². The van der Waals surface area contributed by atoms with E-state index in [1.807, 2.05) is 6.07 Å². The second kappa shape index (κ2) is 5.65. The average molecular weight is 323 g/mol. The smallest absolute Gasteiger partial charge is 0.265 e. The third kappa shape index (κ3) is 2.32. The number of aliphatic hydroxyl groups excluding tert-OH is 1. The molecule has 2 heterocycles. The first-order chi connectivity index (χ1) is 11.7. The maximum absolute atomic E-state index is 12.5. The summed E-state index contributed by atoms with van der Waals surface area (Å²) in [5.41, 5.74) is 3.39. The Hall–Kier alpha value is -2.86. The van der Waals surface area contributed by atoms with Crippen LogP contribution >= 0.6 is 0 Å². The summed E-state index contributed by atoms with van der Waals surface area (Å²) in [6.07, 6.45) is 4.82. The third-order valence-electron chi connectivity index (χ3n) is 4.45. The number of aryl methyl sites for hydroxylation is 2. The fraction of sp³-hybridized carbons (Fsp3) is 0.222. The Kier molecular flexibility index (Phi) is 3.46. The molecule has 0 radical (unpaired) electrons. The van der Waals surface area contributed by atoms with Crippen LogP contribution in [0.15, 0.2) is 41.3 Å². The minimum Gasteiger partial charge on any atom is -0.504 e. The van der Waals surface area contributed by atoms with Gasteiger partial charge in [-0.2, -0.15) is 0 Å². The second-order valence-electron chi connectivity index (χ2n) is 5.95. The molecule has 0 unspecified atom stereocenters. The molecule has 1 aliphatic rings. The number of aliphatic hydroxyl groups is 1. The van der Waals surface area contributed by atoms with Crippen LogP contribution in [0.4, 0.5) is 11.5 Å². The Morgan fingerprint density at radius 2 is 2.04 bits per heavy atom. The zero-order valence-corrected chi connectivity index (χ0v) is 13.0. The van der Waals surface area contributed by atoms with Crippen molar-refractivity contribution in [2.45, 2.75) is 25.9 Å². The predicted molar refractivity (Wildman–Crippen MR) is 90.8 cm³/mol. The molecule has 24 heavy (non-hydrogen) atoms.